The number of aliphatic carboxylic acids is 1. The molecular formula is C18H21NO4. The van der Waals surface area contributed by atoms with Crippen molar-refractivity contribution in [1.29, 1.82) is 0 Å². The first-order chi connectivity index (χ1) is 10.7. The predicted molar refractivity (Wildman–Crippen MR) is 87.4 cm³/mol. The number of carbonyl (C=O) groups is 2. The maximum atomic E-state index is 12.6. The van der Waals surface area contributed by atoms with Gasteiger partial charge < -0.3 is 14.8 Å². The Labute approximate surface area is 135 Å². The molecule has 1 aromatic carbocycles. The van der Waals surface area contributed by atoms with Gasteiger partial charge in [0, 0.05) is 17.7 Å². The molecule has 1 aromatic heterocycles. The van der Waals surface area contributed by atoms with Gasteiger partial charge in [0.1, 0.15) is 11.5 Å². The van der Waals surface area contributed by atoms with Crippen molar-refractivity contribution in [3.05, 3.63) is 47.2 Å². The number of amides is 1. The Morgan fingerprint density at radius 2 is 1.78 bits per heavy atom. The fourth-order valence-corrected chi connectivity index (χ4v) is 2.16. The summed E-state index contributed by atoms with van der Waals surface area (Å²) in [5, 5.41) is 11.9. The van der Waals surface area contributed by atoms with Gasteiger partial charge in [0.2, 0.25) is 0 Å². The highest BCUT2D eigenvalue weighted by Gasteiger charge is 2.29. The van der Waals surface area contributed by atoms with Crippen molar-refractivity contribution in [2.24, 2.45) is 5.41 Å². The molecule has 0 fully saturated rings. The summed E-state index contributed by atoms with van der Waals surface area (Å²) in [6.07, 6.45) is 0. The molecule has 1 heterocycles. The standard InChI is InChI=1S/C18H21NO4/c1-11-12(2)23-15(13-8-6-5-7-9-13)14(11)16(20)19-10-18(3,4)17(21)22/h5-9H,10H2,1-4H3,(H,19,20)(H,21,22). The van der Waals surface area contributed by atoms with Crippen molar-refractivity contribution in [1.82, 2.24) is 5.32 Å². The summed E-state index contributed by atoms with van der Waals surface area (Å²) in [6, 6.07) is 9.38. The number of carboxylic acid groups (broad SMARTS) is 1. The molecule has 1 amide bonds. The summed E-state index contributed by atoms with van der Waals surface area (Å²) in [5.41, 5.74) is 0.991. The second kappa shape index (κ2) is 6.28. The van der Waals surface area contributed by atoms with Gasteiger partial charge >= 0.3 is 5.97 Å². The van der Waals surface area contributed by atoms with Crippen LogP contribution in [0.15, 0.2) is 34.7 Å². The largest absolute Gasteiger partial charge is 0.481 e. The van der Waals surface area contributed by atoms with E-state index >= 15 is 0 Å². The summed E-state index contributed by atoms with van der Waals surface area (Å²) < 4.78 is 5.75. The van der Waals surface area contributed by atoms with Gasteiger partial charge in [0.25, 0.3) is 5.91 Å². The Bertz CT molecular complexity index is 729. The van der Waals surface area contributed by atoms with Gasteiger partial charge in [-0.3, -0.25) is 9.59 Å². The molecule has 0 saturated carbocycles. The highest BCUT2D eigenvalue weighted by atomic mass is 16.4. The number of carboxylic acids is 1. The van der Waals surface area contributed by atoms with E-state index in [0.29, 0.717) is 17.1 Å². The van der Waals surface area contributed by atoms with Crippen LogP contribution in [0.5, 0.6) is 0 Å². The molecule has 0 bridgehead atoms. The molecule has 0 aliphatic rings. The van der Waals surface area contributed by atoms with Crippen LogP contribution in [-0.2, 0) is 4.79 Å². The van der Waals surface area contributed by atoms with Crippen LogP contribution in [0, 0.1) is 19.3 Å². The molecule has 2 aromatic rings. The van der Waals surface area contributed by atoms with Gasteiger partial charge in [-0.15, -0.1) is 0 Å². The average molecular weight is 315 g/mol. The molecule has 0 aliphatic carbocycles. The number of furan rings is 1. The Morgan fingerprint density at radius 3 is 2.35 bits per heavy atom. The molecule has 0 atom stereocenters. The third-order valence-corrected chi connectivity index (χ3v) is 3.92. The smallest absolute Gasteiger partial charge is 0.310 e. The first-order valence-electron chi connectivity index (χ1n) is 7.41. The molecule has 0 unspecified atom stereocenters. The van der Waals surface area contributed by atoms with Crippen molar-refractivity contribution < 1.29 is 19.1 Å². The number of benzene rings is 1. The number of nitrogens with one attached hydrogen (secondary N) is 1. The molecule has 2 rings (SSSR count). The van der Waals surface area contributed by atoms with Crippen LogP contribution in [0.2, 0.25) is 0 Å². The van der Waals surface area contributed by atoms with Crippen LogP contribution < -0.4 is 5.32 Å². The van der Waals surface area contributed by atoms with E-state index in [1.165, 1.54) is 0 Å². The maximum absolute atomic E-state index is 12.6. The molecule has 5 heteroatoms. The van der Waals surface area contributed by atoms with Gasteiger partial charge in [-0.1, -0.05) is 30.3 Å². The summed E-state index contributed by atoms with van der Waals surface area (Å²) in [4.78, 5) is 23.7. The van der Waals surface area contributed by atoms with Crippen LogP contribution in [0.25, 0.3) is 11.3 Å². The van der Waals surface area contributed by atoms with E-state index in [9.17, 15) is 9.59 Å². The molecule has 0 aliphatic heterocycles. The van der Waals surface area contributed by atoms with E-state index in [-0.39, 0.29) is 12.5 Å². The average Bonchev–Trinajstić information content (AvgIpc) is 2.81. The summed E-state index contributed by atoms with van der Waals surface area (Å²) >= 11 is 0. The van der Waals surface area contributed by atoms with Crippen molar-refractivity contribution in [2.75, 3.05) is 6.54 Å². The van der Waals surface area contributed by atoms with Crippen LogP contribution in [0.3, 0.4) is 0 Å². The molecule has 0 spiro atoms. The topological polar surface area (TPSA) is 79.5 Å². The minimum Gasteiger partial charge on any atom is -0.481 e. The lowest BCUT2D eigenvalue weighted by molar-refractivity contribution is -0.146. The van der Waals surface area contributed by atoms with Crippen molar-refractivity contribution in [3.63, 3.8) is 0 Å². The Kier molecular flexibility index (Phi) is 4.59. The minimum atomic E-state index is -1.03. The first kappa shape index (κ1) is 16.8. The summed E-state index contributed by atoms with van der Waals surface area (Å²) in [7, 11) is 0. The third-order valence-electron chi connectivity index (χ3n) is 3.92. The molecule has 122 valence electrons. The second-order valence-electron chi connectivity index (χ2n) is 6.23. The maximum Gasteiger partial charge on any atom is 0.310 e. The number of rotatable bonds is 5. The van der Waals surface area contributed by atoms with E-state index in [0.717, 1.165) is 11.1 Å². The van der Waals surface area contributed by atoms with Gasteiger partial charge in [-0.25, -0.2) is 0 Å². The number of hydrogen-bond acceptors (Lipinski definition) is 3. The van der Waals surface area contributed by atoms with E-state index in [4.69, 9.17) is 9.52 Å². The molecule has 23 heavy (non-hydrogen) atoms. The lowest BCUT2D eigenvalue weighted by Crippen LogP contribution is -2.39. The summed E-state index contributed by atoms with van der Waals surface area (Å²) in [6.45, 7) is 6.81. The number of carbonyl (C=O) groups excluding carboxylic acids is 1. The lowest BCUT2D eigenvalue weighted by Gasteiger charge is -2.19. The van der Waals surface area contributed by atoms with Gasteiger partial charge in [0.05, 0.1) is 11.0 Å². The minimum absolute atomic E-state index is 0.0407. The van der Waals surface area contributed by atoms with E-state index < -0.39 is 11.4 Å². The van der Waals surface area contributed by atoms with Crippen molar-refractivity contribution in [3.8, 4) is 11.3 Å². The zero-order chi connectivity index (χ0) is 17.2. The van der Waals surface area contributed by atoms with Crippen LogP contribution in [0.4, 0.5) is 0 Å². The molecule has 5 nitrogen and oxygen atoms in total. The zero-order valence-corrected chi connectivity index (χ0v) is 13.8. The lowest BCUT2D eigenvalue weighted by atomic mass is 9.93. The normalized spacial score (nSPS) is 11.3. The summed E-state index contributed by atoms with van der Waals surface area (Å²) in [5.74, 6) is -0.105. The van der Waals surface area contributed by atoms with Crippen molar-refractivity contribution >= 4 is 11.9 Å². The Hall–Kier alpha value is -2.56. The molecule has 0 radical (unpaired) electrons. The monoisotopic (exact) mass is 315 g/mol. The van der Waals surface area contributed by atoms with E-state index in [1.54, 1.807) is 20.8 Å². The van der Waals surface area contributed by atoms with Crippen LogP contribution >= 0.6 is 0 Å². The van der Waals surface area contributed by atoms with Crippen molar-refractivity contribution in [2.45, 2.75) is 27.7 Å². The fraction of sp³-hybridized carbons (Fsp3) is 0.333. The van der Waals surface area contributed by atoms with E-state index in [2.05, 4.69) is 5.32 Å². The predicted octanol–water partition coefficient (Wildman–Crippen LogP) is 3.40. The number of hydrogen-bond donors (Lipinski definition) is 2. The second-order valence-corrected chi connectivity index (χ2v) is 6.23. The van der Waals surface area contributed by atoms with Gasteiger partial charge in [-0.05, 0) is 27.7 Å². The van der Waals surface area contributed by atoms with E-state index in [1.807, 2.05) is 37.3 Å². The highest BCUT2D eigenvalue weighted by Crippen LogP contribution is 2.31. The van der Waals surface area contributed by atoms with Gasteiger partial charge in [0.15, 0.2) is 0 Å². The molecule has 2 N–H and O–H groups in total. The molecule has 0 saturated heterocycles. The highest BCUT2D eigenvalue weighted by molar-refractivity contribution is 6.01. The zero-order valence-electron chi connectivity index (χ0n) is 13.8. The quantitative estimate of drug-likeness (QED) is 0.886. The SMILES string of the molecule is Cc1oc(-c2ccccc2)c(C(=O)NCC(C)(C)C(=O)O)c1C. The molecular weight excluding hydrogens is 294 g/mol. The van der Waals surface area contributed by atoms with Crippen LogP contribution in [0.1, 0.15) is 35.5 Å². The van der Waals surface area contributed by atoms with Crippen LogP contribution in [-0.4, -0.2) is 23.5 Å². The number of aryl methyl sites for hydroxylation is 1. The Morgan fingerprint density at radius 1 is 1.17 bits per heavy atom. The van der Waals surface area contributed by atoms with Gasteiger partial charge in [-0.2, -0.15) is 0 Å². The fourth-order valence-electron chi connectivity index (χ4n) is 2.16. The Balaban J connectivity index is 2.32. The first-order valence-corrected chi connectivity index (χ1v) is 7.41. The third kappa shape index (κ3) is 3.44.